The third kappa shape index (κ3) is 3.15. The van der Waals surface area contributed by atoms with Crippen molar-refractivity contribution in [1.82, 2.24) is 0 Å². The molecule has 154 valence electrons. The number of rotatable bonds is 5. The Morgan fingerprint density at radius 3 is 2.47 bits per heavy atom. The summed E-state index contributed by atoms with van der Waals surface area (Å²) < 4.78 is 11.3. The number of hydrogen-bond donors (Lipinski definition) is 0. The summed E-state index contributed by atoms with van der Waals surface area (Å²) in [4.78, 5) is 40.3. The number of amides is 2. The van der Waals surface area contributed by atoms with Gasteiger partial charge in [0, 0.05) is 4.47 Å². The van der Waals surface area contributed by atoms with Crippen LogP contribution in [0.5, 0.6) is 5.75 Å². The van der Waals surface area contributed by atoms with Gasteiger partial charge in [0.25, 0.3) is 5.91 Å². The molecular formula is C21H18BrN3O5. The molecule has 0 aromatic heterocycles. The van der Waals surface area contributed by atoms with Gasteiger partial charge in [0.2, 0.25) is 5.91 Å². The minimum atomic E-state index is -1.06. The lowest BCUT2D eigenvalue weighted by Gasteiger charge is -2.23. The van der Waals surface area contributed by atoms with Crippen molar-refractivity contribution in [3.8, 4) is 5.75 Å². The van der Waals surface area contributed by atoms with E-state index in [-0.39, 0.29) is 12.3 Å². The lowest BCUT2D eigenvalue weighted by molar-refractivity contribution is -0.136. The minimum Gasteiger partial charge on any atom is -0.495 e. The van der Waals surface area contributed by atoms with Gasteiger partial charge in [-0.25, -0.2) is 14.7 Å². The molecule has 0 bridgehead atoms. The SMILES string of the molecule is CCOC(=O)C1=NN(c2ccccc2OC)[C@@H]2C(=O)N(c3ccc(Br)cc3)C(=O)[C@H]12. The first-order valence-electron chi connectivity index (χ1n) is 9.29. The highest BCUT2D eigenvalue weighted by molar-refractivity contribution is 9.10. The maximum atomic E-state index is 13.4. The van der Waals surface area contributed by atoms with Crippen LogP contribution in [0, 0.1) is 5.92 Å². The van der Waals surface area contributed by atoms with Gasteiger partial charge in [-0.2, -0.15) is 5.10 Å². The van der Waals surface area contributed by atoms with Crippen molar-refractivity contribution in [2.45, 2.75) is 13.0 Å². The number of ether oxygens (including phenoxy) is 2. The highest BCUT2D eigenvalue weighted by Crippen LogP contribution is 2.41. The van der Waals surface area contributed by atoms with E-state index in [2.05, 4.69) is 21.0 Å². The number of fused-ring (bicyclic) bond motifs is 1. The molecule has 2 aromatic carbocycles. The fourth-order valence-corrected chi connectivity index (χ4v) is 3.91. The molecule has 0 saturated carbocycles. The van der Waals surface area contributed by atoms with Crippen LogP contribution in [0.2, 0.25) is 0 Å². The van der Waals surface area contributed by atoms with Gasteiger partial charge in [0.05, 0.1) is 19.4 Å². The number of carbonyl (C=O) groups is 3. The summed E-state index contributed by atoms with van der Waals surface area (Å²) in [5, 5.41) is 5.72. The molecule has 0 unspecified atom stereocenters. The first kappa shape index (κ1) is 20.1. The Balaban J connectivity index is 1.81. The predicted octanol–water partition coefficient (Wildman–Crippen LogP) is 2.76. The number of carbonyl (C=O) groups excluding carboxylic acids is 3. The number of para-hydroxylation sites is 2. The molecule has 0 aliphatic carbocycles. The average molecular weight is 472 g/mol. The first-order valence-corrected chi connectivity index (χ1v) is 10.1. The number of hydrazone groups is 1. The first-order chi connectivity index (χ1) is 14.5. The lowest BCUT2D eigenvalue weighted by Crippen LogP contribution is -2.39. The summed E-state index contributed by atoms with van der Waals surface area (Å²) in [5.41, 5.74) is 0.810. The van der Waals surface area contributed by atoms with E-state index in [1.165, 1.54) is 12.1 Å². The van der Waals surface area contributed by atoms with Crippen molar-refractivity contribution in [3.05, 3.63) is 53.0 Å². The summed E-state index contributed by atoms with van der Waals surface area (Å²) in [5.74, 6) is -2.31. The second kappa shape index (κ2) is 7.91. The summed E-state index contributed by atoms with van der Waals surface area (Å²) >= 11 is 3.34. The predicted molar refractivity (Wildman–Crippen MR) is 113 cm³/mol. The van der Waals surface area contributed by atoms with Gasteiger partial charge in [-0.1, -0.05) is 28.1 Å². The number of esters is 1. The van der Waals surface area contributed by atoms with Crippen molar-refractivity contribution in [3.63, 3.8) is 0 Å². The van der Waals surface area contributed by atoms with Crippen LogP contribution in [0.4, 0.5) is 11.4 Å². The van der Waals surface area contributed by atoms with Gasteiger partial charge in [-0.3, -0.25) is 9.59 Å². The molecule has 4 rings (SSSR count). The third-order valence-electron chi connectivity index (χ3n) is 4.95. The van der Waals surface area contributed by atoms with E-state index in [1.807, 2.05) is 0 Å². The molecule has 9 heteroatoms. The van der Waals surface area contributed by atoms with E-state index >= 15 is 0 Å². The monoisotopic (exact) mass is 471 g/mol. The molecule has 30 heavy (non-hydrogen) atoms. The molecule has 0 spiro atoms. The molecule has 2 aliphatic heterocycles. The van der Waals surface area contributed by atoms with Crippen LogP contribution in [0.15, 0.2) is 58.1 Å². The van der Waals surface area contributed by atoms with Gasteiger partial charge in [-0.15, -0.1) is 0 Å². The Morgan fingerprint density at radius 1 is 1.10 bits per heavy atom. The molecule has 0 radical (unpaired) electrons. The topological polar surface area (TPSA) is 88.5 Å². The molecule has 2 amide bonds. The number of imide groups is 1. The maximum Gasteiger partial charge on any atom is 0.355 e. The standard InChI is InChI=1S/C21H18BrN3O5/c1-3-30-21(28)17-16-18(25(23-17)14-6-4-5-7-15(14)29-2)20(27)24(19(16)26)13-10-8-12(22)9-11-13/h4-11,16,18H,3H2,1-2H3/t16-,18+/m1/s1. The number of halogens is 1. The Labute approximate surface area is 181 Å². The zero-order chi connectivity index (χ0) is 21.4. The molecule has 2 atom stereocenters. The average Bonchev–Trinajstić information content (AvgIpc) is 3.26. The highest BCUT2D eigenvalue weighted by Gasteiger charge is 2.59. The smallest absolute Gasteiger partial charge is 0.355 e. The normalized spacial score (nSPS) is 20.3. The van der Waals surface area contributed by atoms with E-state index in [0.29, 0.717) is 17.1 Å². The Morgan fingerprint density at radius 2 is 1.80 bits per heavy atom. The maximum absolute atomic E-state index is 13.4. The summed E-state index contributed by atoms with van der Waals surface area (Å²) in [6.45, 7) is 1.79. The second-order valence-electron chi connectivity index (χ2n) is 6.63. The van der Waals surface area contributed by atoms with Gasteiger partial charge in [0.1, 0.15) is 23.4 Å². The Bertz CT molecular complexity index is 1050. The quantitative estimate of drug-likeness (QED) is 0.492. The van der Waals surface area contributed by atoms with E-state index in [4.69, 9.17) is 9.47 Å². The van der Waals surface area contributed by atoms with Crippen molar-refractivity contribution < 1.29 is 23.9 Å². The van der Waals surface area contributed by atoms with Crippen LogP contribution in [-0.2, 0) is 19.1 Å². The Hall–Kier alpha value is -3.20. The van der Waals surface area contributed by atoms with Crippen LogP contribution in [-0.4, -0.2) is 43.3 Å². The molecule has 1 saturated heterocycles. The number of methoxy groups -OCH3 is 1. The number of hydrogen-bond acceptors (Lipinski definition) is 7. The molecule has 2 heterocycles. The molecule has 2 aromatic rings. The van der Waals surface area contributed by atoms with Crippen LogP contribution in [0.25, 0.3) is 0 Å². The van der Waals surface area contributed by atoms with Crippen LogP contribution in [0.1, 0.15) is 6.92 Å². The summed E-state index contributed by atoms with van der Waals surface area (Å²) in [7, 11) is 1.50. The summed E-state index contributed by atoms with van der Waals surface area (Å²) in [6.07, 6.45) is 0. The second-order valence-corrected chi connectivity index (χ2v) is 7.55. The van der Waals surface area contributed by atoms with E-state index < -0.39 is 29.7 Å². The minimum absolute atomic E-state index is 0.0919. The zero-order valence-electron chi connectivity index (χ0n) is 16.2. The van der Waals surface area contributed by atoms with Crippen molar-refractivity contribution in [2.75, 3.05) is 23.6 Å². The molecule has 0 N–H and O–H groups in total. The molecule has 8 nitrogen and oxygen atoms in total. The van der Waals surface area contributed by atoms with E-state index in [9.17, 15) is 14.4 Å². The number of anilines is 2. The largest absolute Gasteiger partial charge is 0.495 e. The van der Waals surface area contributed by atoms with Crippen molar-refractivity contribution in [2.24, 2.45) is 11.0 Å². The van der Waals surface area contributed by atoms with Crippen LogP contribution in [0.3, 0.4) is 0 Å². The Kier molecular flexibility index (Phi) is 5.29. The fourth-order valence-electron chi connectivity index (χ4n) is 3.65. The number of nitrogens with zero attached hydrogens (tertiary/aromatic N) is 3. The van der Waals surface area contributed by atoms with Crippen LogP contribution < -0.4 is 14.6 Å². The molecular weight excluding hydrogens is 454 g/mol. The van der Waals surface area contributed by atoms with Crippen LogP contribution >= 0.6 is 15.9 Å². The molecule has 2 aliphatic rings. The van der Waals surface area contributed by atoms with E-state index in [1.54, 1.807) is 55.5 Å². The lowest BCUT2D eigenvalue weighted by atomic mass is 9.97. The van der Waals surface area contributed by atoms with Gasteiger partial charge >= 0.3 is 5.97 Å². The molecule has 1 fully saturated rings. The highest BCUT2D eigenvalue weighted by atomic mass is 79.9. The number of benzene rings is 2. The van der Waals surface area contributed by atoms with Gasteiger partial charge in [-0.05, 0) is 43.3 Å². The van der Waals surface area contributed by atoms with Crippen molar-refractivity contribution in [1.29, 1.82) is 0 Å². The summed E-state index contributed by atoms with van der Waals surface area (Å²) in [6, 6.07) is 12.8. The van der Waals surface area contributed by atoms with E-state index in [0.717, 1.165) is 9.37 Å². The van der Waals surface area contributed by atoms with Gasteiger partial charge < -0.3 is 9.47 Å². The zero-order valence-corrected chi connectivity index (χ0v) is 17.8. The van der Waals surface area contributed by atoms with Gasteiger partial charge in [0.15, 0.2) is 5.71 Å². The fraction of sp³-hybridized carbons (Fsp3) is 0.238. The third-order valence-corrected chi connectivity index (χ3v) is 5.48. The van der Waals surface area contributed by atoms with Crippen molar-refractivity contribution >= 4 is 50.8 Å².